The van der Waals surface area contributed by atoms with E-state index in [0.717, 1.165) is 17.6 Å². The van der Waals surface area contributed by atoms with E-state index in [9.17, 15) is 4.79 Å². The molecule has 0 aliphatic heterocycles. The van der Waals surface area contributed by atoms with Gasteiger partial charge in [0.05, 0.1) is 11.8 Å². The molecule has 96 valence electrons. The molecular formula is C14H13N3O2. The molecule has 5 heteroatoms. The van der Waals surface area contributed by atoms with Crippen LogP contribution in [0, 0.1) is 0 Å². The predicted octanol–water partition coefficient (Wildman–Crippen LogP) is 2.47. The maximum atomic E-state index is 11.2. The van der Waals surface area contributed by atoms with Gasteiger partial charge in [-0.05, 0) is 24.3 Å². The highest BCUT2D eigenvalue weighted by Crippen LogP contribution is 2.27. The zero-order valence-corrected chi connectivity index (χ0v) is 10.7. The Balaban J connectivity index is 2.41. The maximum absolute atomic E-state index is 11.2. The number of imidazole rings is 1. The first kappa shape index (κ1) is 11.5. The van der Waals surface area contributed by atoms with Gasteiger partial charge in [0.15, 0.2) is 17.9 Å². The highest BCUT2D eigenvalue weighted by Gasteiger charge is 2.17. The van der Waals surface area contributed by atoms with Crippen LogP contribution >= 0.6 is 0 Å². The molecule has 0 N–H and O–H groups in total. The van der Waals surface area contributed by atoms with Gasteiger partial charge in [0.2, 0.25) is 0 Å². The van der Waals surface area contributed by atoms with Crippen LogP contribution in [0.15, 0.2) is 41.0 Å². The normalized spacial score (nSPS) is 10.8. The summed E-state index contributed by atoms with van der Waals surface area (Å²) in [7, 11) is 3.89. The van der Waals surface area contributed by atoms with Gasteiger partial charge in [-0.15, -0.1) is 0 Å². The van der Waals surface area contributed by atoms with Gasteiger partial charge >= 0.3 is 0 Å². The van der Waals surface area contributed by atoms with Crippen LogP contribution in [-0.4, -0.2) is 29.8 Å². The Morgan fingerprint density at radius 2 is 2.11 bits per heavy atom. The van der Waals surface area contributed by atoms with E-state index in [2.05, 4.69) is 4.98 Å². The summed E-state index contributed by atoms with van der Waals surface area (Å²) in [5, 5.41) is 0. The third-order valence-corrected chi connectivity index (χ3v) is 2.98. The molecule has 0 aliphatic rings. The van der Waals surface area contributed by atoms with Crippen molar-refractivity contribution < 1.29 is 9.21 Å². The number of nitrogens with zero attached hydrogens (tertiary/aromatic N) is 3. The number of hydrogen-bond acceptors (Lipinski definition) is 4. The van der Waals surface area contributed by atoms with Gasteiger partial charge in [-0.25, -0.2) is 4.98 Å². The lowest BCUT2D eigenvalue weighted by Gasteiger charge is -2.15. The van der Waals surface area contributed by atoms with E-state index >= 15 is 0 Å². The molecule has 0 unspecified atom stereocenters. The molecule has 0 spiro atoms. The van der Waals surface area contributed by atoms with Crippen molar-refractivity contribution in [3.63, 3.8) is 0 Å². The monoisotopic (exact) mass is 255 g/mol. The second kappa shape index (κ2) is 4.28. The van der Waals surface area contributed by atoms with Gasteiger partial charge < -0.3 is 9.32 Å². The largest absolute Gasteiger partial charge is 0.461 e. The number of hydrogen-bond donors (Lipinski definition) is 0. The zero-order valence-electron chi connectivity index (χ0n) is 10.7. The van der Waals surface area contributed by atoms with Crippen molar-refractivity contribution in [3.05, 3.63) is 42.3 Å². The van der Waals surface area contributed by atoms with Crippen molar-refractivity contribution in [1.29, 1.82) is 0 Å². The van der Waals surface area contributed by atoms with Gasteiger partial charge in [0.25, 0.3) is 0 Å². The minimum Gasteiger partial charge on any atom is -0.461 e. The van der Waals surface area contributed by atoms with Crippen molar-refractivity contribution in [2.24, 2.45) is 0 Å². The summed E-state index contributed by atoms with van der Waals surface area (Å²) in [5.74, 6) is 2.20. The maximum Gasteiger partial charge on any atom is 0.183 e. The molecule has 5 nitrogen and oxygen atoms in total. The molecule has 0 aliphatic carbocycles. The van der Waals surface area contributed by atoms with Crippen molar-refractivity contribution in [1.82, 2.24) is 9.38 Å². The summed E-state index contributed by atoms with van der Waals surface area (Å²) in [6.07, 6.45) is 2.36. The molecule has 0 saturated carbocycles. The van der Waals surface area contributed by atoms with E-state index in [1.807, 2.05) is 47.7 Å². The molecule has 0 saturated heterocycles. The van der Waals surface area contributed by atoms with E-state index in [-0.39, 0.29) is 0 Å². The fourth-order valence-corrected chi connectivity index (χ4v) is 2.15. The third-order valence-electron chi connectivity index (χ3n) is 2.98. The Morgan fingerprint density at radius 1 is 1.26 bits per heavy atom. The lowest BCUT2D eigenvalue weighted by molar-refractivity contribution is 0.112. The number of aromatic nitrogens is 2. The fourth-order valence-electron chi connectivity index (χ4n) is 2.15. The number of aldehydes is 1. The minimum absolute atomic E-state index is 0.412. The van der Waals surface area contributed by atoms with Crippen molar-refractivity contribution in [2.75, 3.05) is 19.0 Å². The Morgan fingerprint density at radius 3 is 2.74 bits per heavy atom. The second-order valence-corrected chi connectivity index (χ2v) is 4.41. The second-order valence-electron chi connectivity index (χ2n) is 4.41. The van der Waals surface area contributed by atoms with Crippen molar-refractivity contribution in [3.8, 4) is 11.6 Å². The van der Waals surface area contributed by atoms with Crippen LogP contribution in [-0.2, 0) is 0 Å². The molecule has 3 rings (SSSR count). The molecular weight excluding hydrogens is 242 g/mol. The van der Waals surface area contributed by atoms with Crippen LogP contribution in [0.4, 0.5) is 5.82 Å². The van der Waals surface area contributed by atoms with Gasteiger partial charge in [0.1, 0.15) is 11.5 Å². The number of carbonyl (C=O) groups excluding carboxylic acids is 1. The number of fused-ring (bicyclic) bond motifs is 1. The van der Waals surface area contributed by atoms with E-state index in [1.54, 1.807) is 12.3 Å². The van der Waals surface area contributed by atoms with Gasteiger partial charge in [-0.1, -0.05) is 6.07 Å². The first-order valence-electron chi connectivity index (χ1n) is 5.90. The lowest BCUT2D eigenvalue weighted by Crippen LogP contribution is -2.13. The smallest absolute Gasteiger partial charge is 0.183 e. The molecule has 0 atom stereocenters. The number of furan rings is 1. The molecule has 0 bridgehead atoms. The SMILES string of the molecule is CN(C)c1cccc2c(C=O)nc(-c3ccco3)n12. The summed E-state index contributed by atoms with van der Waals surface area (Å²) in [5.41, 5.74) is 1.18. The quantitative estimate of drug-likeness (QED) is 0.675. The minimum atomic E-state index is 0.412. The molecule has 3 aromatic heterocycles. The number of pyridine rings is 1. The lowest BCUT2D eigenvalue weighted by atomic mass is 10.3. The fraction of sp³-hybridized carbons (Fsp3) is 0.143. The van der Waals surface area contributed by atoms with Crippen LogP contribution in [0.2, 0.25) is 0 Å². The van der Waals surface area contributed by atoms with E-state index in [4.69, 9.17) is 4.42 Å². The molecule has 0 fully saturated rings. The summed E-state index contributed by atoms with van der Waals surface area (Å²) in [6.45, 7) is 0. The molecule has 0 radical (unpaired) electrons. The predicted molar refractivity (Wildman–Crippen MR) is 72.6 cm³/mol. The Labute approximate surface area is 110 Å². The first-order chi connectivity index (χ1) is 9.22. The summed E-state index contributed by atoms with van der Waals surface area (Å²) in [6, 6.07) is 9.38. The topological polar surface area (TPSA) is 50.8 Å². The van der Waals surface area contributed by atoms with E-state index < -0.39 is 0 Å². The van der Waals surface area contributed by atoms with Crippen LogP contribution in [0.25, 0.3) is 17.1 Å². The van der Waals surface area contributed by atoms with Crippen LogP contribution in [0.5, 0.6) is 0 Å². The van der Waals surface area contributed by atoms with Crippen LogP contribution in [0.3, 0.4) is 0 Å². The van der Waals surface area contributed by atoms with E-state index in [1.165, 1.54) is 0 Å². The highest BCUT2D eigenvalue weighted by molar-refractivity contribution is 5.86. The average molecular weight is 255 g/mol. The van der Waals surface area contributed by atoms with Gasteiger partial charge in [-0.2, -0.15) is 0 Å². The van der Waals surface area contributed by atoms with E-state index in [0.29, 0.717) is 17.3 Å². The van der Waals surface area contributed by atoms with Gasteiger partial charge in [0, 0.05) is 14.1 Å². The summed E-state index contributed by atoms with van der Waals surface area (Å²) < 4.78 is 7.32. The Hall–Kier alpha value is -2.56. The highest BCUT2D eigenvalue weighted by atomic mass is 16.3. The number of anilines is 1. The molecule has 0 amide bonds. The third kappa shape index (κ3) is 1.71. The molecule has 19 heavy (non-hydrogen) atoms. The molecule has 3 heterocycles. The Kier molecular flexibility index (Phi) is 2.59. The summed E-state index contributed by atoms with van der Waals surface area (Å²) in [4.78, 5) is 17.5. The Bertz CT molecular complexity index is 727. The summed E-state index contributed by atoms with van der Waals surface area (Å²) >= 11 is 0. The first-order valence-corrected chi connectivity index (χ1v) is 5.90. The van der Waals surface area contributed by atoms with Gasteiger partial charge in [-0.3, -0.25) is 9.20 Å². The van der Waals surface area contributed by atoms with Crippen LogP contribution in [0.1, 0.15) is 10.5 Å². The molecule has 3 aromatic rings. The van der Waals surface area contributed by atoms with Crippen molar-refractivity contribution >= 4 is 17.6 Å². The number of rotatable bonds is 3. The average Bonchev–Trinajstić information content (AvgIpc) is 3.04. The van der Waals surface area contributed by atoms with Crippen molar-refractivity contribution in [2.45, 2.75) is 0 Å². The standard InChI is InChI=1S/C14H13N3O2/c1-16(2)13-7-3-5-11-10(9-18)15-14(17(11)13)12-6-4-8-19-12/h3-9H,1-2H3. The number of carbonyl (C=O) groups is 1. The van der Waals surface area contributed by atoms with Crippen LogP contribution < -0.4 is 4.90 Å². The zero-order chi connectivity index (χ0) is 13.4. The molecule has 0 aromatic carbocycles.